The molecule has 1 aliphatic heterocycles. The highest BCUT2D eigenvalue weighted by Gasteiger charge is 2.22. The van der Waals surface area contributed by atoms with Gasteiger partial charge in [0.05, 0.1) is 5.52 Å². The van der Waals surface area contributed by atoms with Crippen molar-refractivity contribution >= 4 is 23.3 Å². The van der Waals surface area contributed by atoms with Gasteiger partial charge < -0.3 is 5.32 Å². The highest BCUT2D eigenvalue weighted by atomic mass is 35.5. The molecular formula is C16H22ClN3. The van der Waals surface area contributed by atoms with Crippen LogP contribution in [0.15, 0.2) is 36.5 Å². The number of halogens is 1. The van der Waals surface area contributed by atoms with Gasteiger partial charge in [0.15, 0.2) is 0 Å². The maximum absolute atomic E-state index is 4.55. The van der Waals surface area contributed by atoms with Crippen LogP contribution in [0.2, 0.25) is 0 Å². The Hall–Kier alpha value is -1.16. The third-order valence-electron chi connectivity index (χ3n) is 3.98. The molecule has 2 aromatic rings. The second-order valence-electron chi connectivity index (χ2n) is 5.58. The van der Waals surface area contributed by atoms with Crippen molar-refractivity contribution in [2.24, 2.45) is 0 Å². The van der Waals surface area contributed by atoms with Crippen LogP contribution >= 0.6 is 12.4 Å². The van der Waals surface area contributed by atoms with Crippen molar-refractivity contribution in [2.75, 3.05) is 13.1 Å². The van der Waals surface area contributed by atoms with Crippen molar-refractivity contribution in [2.45, 2.75) is 32.5 Å². The first-order valence-corrected chi connectivity index (χ1v) is 7.04. The zero-order valence-corrected chi connectivity index (χ0v) is 12.9. The van der Waals surface area contributed by atoms with Crippen molar-refractivity contribution in [1.29, 1.82) is 0 Å². The zero-order chi connectivity index (χ0) is 13.2. The number of pyridine rings is 1. The number of nitrogens with zero attached hydrogens (tertiary/aromatic N) is 2. The van der Waals surface area contributed by atoms with Gasteiger partial charge in [0.2, 0.25) is 0 Å². The predicted molar refractivity (Wildman–Crippen MR) is 86.3 cm³/mol. The van der Waals surface area contributed by atoms with Gasteiger partial charge in [-0.3, -0.25) is 9.88 Å². The molecule has 3 nitrogen and oxygen atoms in total. The molecule has 2 atom stereocenters. The van der Waals surface area contributed by atoms with Crippen molar-refractivity contribution in [3.8, 4) is 0 Å². The SMILES string of the molecule is CC1CN(Cc2cccc3cccnc23)C(C)CN1.Cl. The molecule has 1 aromatic carbocycles. The van der Waals surface area contributed by atoms with Crippen LogP contribution in [0.25, 0.3) is 10.9 Å². The number of hydrogen-bond acceptors (Lipinski definition) is 3. The van der Waals surface area contributed by atoms with Crippen LogP contribution in [0.3, 0.4) is 0 Å². The topological polar surface area (TPSA) is 28.2 Å². The first-order chi connectivity index (χ1) is 9.24. The van der Waals surface area contributed by atoms with Crippen LogP contribution in [-0.2, 0) is 6.54 Å². The molecule has 1 saturated heterocycles. The summed E-state index contributed by atoms with van der Waals surface area (Å²) in [6.07, 6.45) is 1.88. The number of hydrogen-bond donors (Lipinski definition) is 1. The van der Waals surface area contributed by atoms with Crippen molar-refractivity contribution in [3.05, 3.63) is 42.1 Å². The molecule has 0 amide bonds. The fraction of sp³-hybridized carbons (Fsp3) is 0.438. The summed E-state index contributed by atoms with van der Waals surface area (Å²) in [6, 6.07) is 11.8. The molecule has 0 aliphatic carbocycles. The lowest BCUT2D eigenvalue weighted by Gasteiger charge is -2.37. The van der Waals surface area contributed by atoms with Crippen LogP contribution in [0.5, 0.6) is 0 Å². The molecule has 0 spiro atoms. The Balaban J connectivity index is 0.00000147. The van der Waals surface area contributed by atoms with Gasteiger partial charge in [-0.1, -0.05) is 24.3 Å². The van der Waals surface area contributed by atoms with E-state index >= 15 is 0 Å². The molecule has 108 valence electrons. The lowest BCUT2D eigenvalue weighted by atomic mass is 10.1. The Morgan fingerprint density at radius 1 is 1.25 bits per heavy atom. The van der Waals surface area contributed by atoms with Gasteiger partial charge >= 0.3 is 0 Å². The molecular weight excluding hydrogens is 270 g/mol. The number of rotatable bonds is 2. The Morgan fingerprint density at radius 2 is 2.05 bits per heavy atom. The zero-order valence-electron chi connectivity index (χ0n) is 12.0. The third-order valence-corrected chi connectivity index (χ3v) is 3.98. The lowest BCUT2D eigenvalue weighted by Crippen LogP contribution is -2.53. The number of benzene rings is 1. The summed E-state index contributed by atoms with van der Waals surface area (Å²) in [5, 5.41) is 4.76. The van der Waals surface area contributed by atoms with E-state index in [0.717, 1.165) is 25.2 Å². The second-order valence-corrected chi connectivity index (χ2v) is 5.58. The molecule has 0 bridgehead atoms. The summed E-state index contributed by atoms with van der Waals surface area (Å²) < 4.78 is 0. The molecule has 1 aliphatic rings. The molecule has 2 heterocycles. The molecule has 4 heteroatoms. The third kappa shape index (κ3) is 3.11. The van der Waals surface area contributed by atoms with Gasteiger partial charge in [0.1, 0.15) is 0 Å². The van der Waals surface area contributed by atoms with Crippen LogP contribution < -0.4 is 5.32 Å². The summed E-state index contributed by atoms with van der Waals surface area (Å²) in [4.78, 5) is 7.09. The number of fused-ring (bicyclic) bond motifs is 1. The van der Waals surface area contributed by atoms with E-state index in [2.05, 4.69) is 53.3 Å². The summed E-state index contributed by atoms with van der Waals surface area (Å²) in [5.74, 6) is 0. The fourth-order valence-electron chi connectivity index (χ4n) is 2.83. The van der Waals surface area contributed by atoms with E-state index in [1.807, 2.05) is 12.3 Å². The molecule has 20 heavy (non-hydrogen) atoms. The number of nitrogens with one attached hydrogen (secondary N) is 1. The van der Waals surface area contributed by atoms with Crippen molar-refractivity contribution < 1.29 is 0 Å². The Morgan fingerprint density at radius 3 is 2.90 bits per heavy atom. The summed E-state index contributed by atoms with van der Waals surface area (Å²) in [7, 11) is 0. The average molecular weight is 292 g/mol. The summed E-state index contributed by atoms with van der Waals surface area (Å²) in [5.41, 5.74) is 2.47. The highest BCUT2D eigenvalue weighted by Crippen LogP contribution is 2.19. The van der Waals surface area contributed by atoms with Gasteiger partial charge in [-0.25, -0.2) is 0 Å². The Bertz CT molecular complexity index is 567. The summed E-state index contributed by atoms with van der Waals surface area (Å²) >= 11 is 0. The van der Waals surface area contributed by atoms with Crippen LogP contribution in [0, 0.1) is 0 Å². The van der Waals surface area contributed by atoms with Gasteiger partial charge in [0, 0.05) is 43.3 Å². The van der Waals surface area contributed by atoms with Gasteiger partial charge in [0.25, 0.3) is 0 Å². The van der Waals surface area contributed by atoms with Crippen LogP contribution in [0.1, 0.15) is 19.4 Å². The second kappa shape index (κ2) is 6.53. The van der Waals surface area contributed by atoms with E-state index in [1.54, 1.807) is 0 Å². The van der Waals surface area contributed by atoms with E-state index in [9.17, 15) is 0 Å². The molecule has 2 unspecified atom stereocenters. The molecule has 3 rings (SSSR count). The minimum atomic E-state index is 0. The fourth-order valence-corrected chi connectivity index (χ4v) is 2.83. The lowest BCUT2D eigenvalue weighted by molar-refractivity contribution is 0.139. The largest absolute Gasteiger partial charge is 0.311 e. The first-order valence-electron chi connectivity index (χ1n) is 7.04. The normalized spacial score (nSPS) is 23.5. The molecule has 0 saturated carbocycles. The standard InChI is InChI=1S/C16H21N3.ClH/c1-12-10-19(13(2)9-18-12)11-15-6-3-5-14-7-4-8-17-16(14)15;/h3-8,12-13,18H,9-11H2,1-2H3;1H. The number of piperazine rings is 1. The maximum atomic E-state index is 4.55. The molecule has 1 N–H and O–H groups in total. The van der Waals surface area contributed by atoms with Crippen LogP contribution in [-0.4, -0.2) is 35.1 Å². The van der Waals surface area contributed by atoms with E-state index in [0.29, 0.717) is 12.1 Å². The van der Waals surface area contributed by atoms with Crippen LogP contribution in [0.4, 0.5) is 0 Å². The van der Waals surface area contributed by atoms with Gasteiger partial charge in [-0.05, 0) is 25.5 Å². The number of aromatic nitrogens is 1. The van der Waals surface area contributed by atoms with E-state index in [4.69, 9.17) is 0 Å². The van der Waals surface area contributed by atoms with E-state index < -0.39 is 0 Å². The first kappa shape index (κ1) is 15.2. The smallest absolute Gasteiger partial charge is 0.0746 e. The molecule has 1 fully saturated rings. The summed E-state index contributed by atoms with van der Waals surface area (Å²) in [6.45, 7) is 7.70. The molecule has 0 radical (unpaired) electrons. The minimum Gasteiger partial charge on any atom is -0.311 e. The highest BCUT2D eigenvalue weighted by molar-refractivity contribution is 5.85. The predicted octanol–water partition coefficient (Wildman–Crippen LogP) is 2.84. The molecule has 1 aromatic heterocycles. The quantitative estimate of drug-likeness (QED) is 0.922. The Labute approximate surface area is 126 Å². The monoisotopic (exact) mass is 291 g/mol. The van der Waals surface area contributed by atoms with Crippen molar-refractivity contribution in [3.63, 3.8) is 0 Å². The van der Waals surface area contributed by atoms with Gasteiger partial charge in [-0.2, -0.15) is 0 Å². The number of para-hydroxylation sites is 1. The maximum Gasteiger partial charge on any atom is 0.0746 e. The average Bonchev–Trinajstić information content (AvgIpc) is 2.43. The van der Waals surface area contributed by atoms with Crippen molar-refractivity contribution in [1.82, 2.24) is 15.2 Å². The van der Waals surface area contributed by atoms with Gasteiger partial charge in [-0.15, -0.1) is 12.4 Å². The van der Waals surface area contributed by atoms with E-state index in [1.165, 1.54) is 10.9 Å². The van der Waals surface area contributed by atoms with E-state index in [-0.39, 0.29) is 12.4 Å². The minimum absolute atomic E-state index is 0. The Kier molecular flexibility index (Phi) is 4.97.